The number of rotatable bonds is 5. The van der Waals surface area contributed by atoms with E-state index in [1.807, 2.05) is 32.0 Å². The molecular formula is C18H16N6OS. The van der Waals surface area contributed by atoms with Crippen molar-refractivity contribution in [2.45, 2.75) is 19.0 Å². The van der Waals surface area contributed by atoms with Crippen molar-refractivity contribution >= 4 is 23.4 Å². The Labute approximate surface area is 155 Å². The van der Waals surface area contributed by atoms with Crippen molar-refractivity contribution in [2.24, 2.45) is 0 Å². The molecule has 0 fully saturated rings. The second-order valence-electron chi connectivity index (χ2n) is 5.69. The second-order valence-corrected chi connectivity index (χ2v) is 6.63. The lowest BCUT2D eigenvalue weighted by Crippen LogP contribution is -2.14. The summed E-state index contributed by atoms with van der Waals surface area (Å²) in [5.41, 5.74) is 4.29. The van der Waals surface area contributed by atoms with E-state index in [-0.39, 0.29) is 11.7 Å². The molecule has 0 radical (unpaired) electrons. The molecule has 1 aromatic heterocycles. The van der Waals surface area contributed by atoms with Gasteiger partial charge in [-0.2, -0.15) is 9.94 Å². The largest absolute Gasteiger partial charge is 0.325 e. The molecular weight excluding hydrogens is 348 g/mol. The van der Waals surface area contributed by atoms with Gasteiger partial charge in [0.15, 0.2) is 0 Å². The maximum Gasteiger partial charge on any atom is 0.234 e. The smallest absolute Gasteiger partial charge is 0.234 e. The van der Waals surface area contributed by atoms with Crippen molar-refractivity contribution in [3.05, 3.63) is 59.2 Å². The number of nitriles is 1. The van der Waals surface area contributed by atoms with Gasteiger partial charge in [-0.15, -0.1) is 5.10 Å². The summed E-state index contributed by atoms with van der Waals surface area (Å²) in [6.07, 6.45) is 0. The Morgan fingerprint density at radius 2 is 2.00 bits per heavy atom. The van der Waals surface area contributed by atoms with Crippen molar-refractivity contribution in [3.8, 4) is 11.8 Å². The number of tetrazole rings is 1. The van der Waals surface area contributed by atoms with E-state index in [2.05, 4.69) is 26.9 Å². The van der Waals surface area contributed by atoms with Crippen molar-refractivity contribution in [2.75, 3.05) is 11.1 Å². The van der Waals surface area contributed by atoms with Crippen LogP contribution in [0.1, 0.15) is 16.7 Å². The first-order valence-corrected chi connectivity index (χ1v) is 8.84. The molecule has 0 atom stereocenters. The first-order valence-electron chi connectivity index (χ1n) is 7.85. The zero-order valence-electron chi connectivity index (χ0n) is 14.3. The number of nitrogens with zero attached hydrogens (tertiary/aromatic N) is 5. The Bertz CT molecular complexity index is 974. The van der Waals surface area contributed by atoms with Gasteiger partial charge in [0.2, 0.25) is 11.1 Å². The van der Waals surface area contributed by atoms with Gasteiger partial charge in [-0.3, -0.25) is 4.79 Å². The average molecular weight is 364 g/mol. The van der Waals surface area contributed by atoms with Crippen LogP contribution in [-0.4, -0.2) is 31.9 Å². The van der Waals surface area contributed by atoms with Crippen LogP contribution in [0.3, 0.4) is 0 Å². The fourth-order valence-electron chi connectivity index (χ4n) is 2.42. The molecule has 0 aliphatic carbocycles. The molecule has 1 N–H and O–H groups in total. The normalized spacial score (nSPS) is 10.3. The van der Waals surface area contributed by atoms with E-state index in [9.17, 15) is 4.79 Å². The lowest BCUT2D eigenvalue weighted by molar-refractivity contribution is -0.113. The molecule has 7 nitrogen and oxygen atoms in total. The van der Waals surface area contributed by atoms with Gasteiger partial charge in [-0.25, -0.2) is 0 Å². The van der Waals surface area contributed by atoms with Crippen LogP contribution in [0.5, 0.6) is 0 Å². The van der Waals surface area contributed by atoms with Gasteiger partial charge in [0.1, 0.15) is 0 Å². The van der Waals surface area contributed by atoms with E-state index in [1.54, 1.807) is 28.9 Å². The minimum atomic E-state index is -0.171. The van der Waals surface area contributed by atoms with Gasteiger partial charge < -0.3 is 5.32 Å². The molecule has 2 aromatic carbocycles. The lowest BCUT2D eigenvalue weighted by atomic mass is 10.1. The van der Waals surface area contributed by atoms with Crippen LogP contribution in [0.4, 0.5) is 5.69 Å². The predicted octanol–water partition coefficient (Wildman–Crippen LogP) is 2.88. The van der Waals surface area contributed by atoms with Crippen molar-refractivity contribution in [1.82, 2.24) is 20.2 Å². The average Bonchev–Trinajstić information content (AvgIpc) is 3.09. The standard InChI is InChI=1S/C18H16N6OS/c1-12-3-8-16(13(2)9-12)24-18(21-22-23-24)26-11-17(25)20-15-6-4-14(10-19)5-7-15/h3-9H,11H2,1-2H3,(H,20,25). The quantitative estimate of drug-likeness (QED) is 0.699. The zero-order chi connectivity index (χ0) is 18.5. The Morgan fingerprint density at radius 3 is 2.69 bits per heavy atom. The molecule has 26 heavy (non-hydrogen) atoms. The Balaban J connectivity index is 1.66. The molecule has 0 bridgehead atoms. The lowest BCUT2D eigenvalue weighted by Gasteiger charge is -2.08. The third kappa shape index (κ3) is 4.07. The minimum absolute atomic E-state index is 0.171. The molecule has 0 aliphatic heterocycles. The summed E-state index contributed by atoms with van der Waals surface area (Å²) in [6.45, 7) is 4.02. The first kappa shape index (κ1) is 17.6. The number of hydrogen-bond donors (Lipinski definition) is 1. The van der Waals surface area contributed by atoms with Crippen molar-refractivity contribution < 1.29 is 4.79 Å². The van der Waals surface area contributed by atoms with Crippen LogP contribution >= 0.6 is 11.8 Å². The molecule has 0 unspecified atom stereocenters. The van der Waals surface area contributed by atoms with Crippen LogP contribution in [0.2, 0.25) is 0 Å². The summed E-state index contributed by atoms with van der Waals surface area (Å²) in [6, 6.07) is 14.8. The van der Waals surface area contributed by atoms with E-state index >= 15 is 0 Å². The first-order chi connectivity index (χ1) is 12.6. The summed E-state index contributed by atoms with van der Waals surface area (Å²) < 4.78 is 1.63. The molecule has 1 amide bonds. The van der Waals surface area contributed by atoms with Crippen molar-refractivity contribution in [3.63, 3.8) is 0 Å². The maximum absolute atomic E-state index is 12.1. The maximum atomic E-state index is 12.1. The van der Waals surface area contributed by atoms with Gasteiger partial charge >= 0.3 is 0 Å². The fourth-order valence-corrected chi connectivity index (χ4v) is 3.10. The molecule has 1 heterocycles. The Kier molecular flexibility index (Phi) is 5.29. The summed E-state index contributed by atoms with van der Waals surface area (Å²) in [5, 5.41) is 23.9. The third-order valence-corrected chi connectivity index (χ3v) is 4.57. The topological polar surface area (TPSA) is 96.5 Å². The number of nitrogens with one attached hydrogen (secondary N) is 1. The van der Waals surface area contributed by atoms with E-state index in [0.29, 0.717) is 16.4 Å². The number of carbonyl (C=O) groups excluding carboxylic acids is 1. The number of aromatic nitrogens is 4. The van der Waals surface area contributed by atoms with Crippen LogP contribution in [0.25, 0.3) is 5.69 Å². The molecule has 0 saturated heterocycles. The molecule has 8 heteroatoms. The molecule has 0 spiro atoms. The fraction of sp³-hybridized carbons (Fsp3) is 0.167. The number of hydrogen-bond acceptors (Lipinski definition) is 6. The van der Waals surface area contributed by atoms with Gasteiger partial charge in [0, 0.05) is 5.69 Å². The summed E-state index contributed by atoms with van der Waals surface area (Å²) in [5.74, 6) is 0.000506. The van der Waals surface area contributed by atoms with E-state index in [0.717, 1.165) is 16.8 Å². The van der Waals surface area contributed by atoms with Gasteiger partial charge in [-0.1, -0.05) is 29.5 Å². The van der Waals surface area contributed by atoms with Crippen LogP contribution in [-0.2, 0) is 4.79 Å². The van der Waals surface area contributed by atoms with E-state index in [1.165, 1.54) is 11.8 Å². The number of anilines is 1. The monoisotopic (exact) mass is 364 g/mol. The summed E-state index contributed by atoms with van der Waals surface area (Å²) in [4.78, 5) is 12.1. The zero-order valence-corrected chi connectivity index (χ0v) is 15.1. The molecule has 0 aliphatic rings. The number of aryl methyl sites for hydroxylation is 2. The SMILES string of the molecule is Cc1ccc(-n2nnnc2SCC(=O)Nc2ccc(C#N)cc2)c(C)c1. The van der Waals surface area contributed by atoms with Crippen LogP contribution < -0.4 is 5.32 Å². The second kappa shape index (κ2) is 7.80. The molecule has 130 valence electrons. The highest BCUT2D eigenvalue weighted by Gasteiger charge is 2.13. The number of thioether (sulfide) groups is 1. The summed E-state index contributed by atoms with van der Waals surface area (Å²) in [7, 11) is 0. The Hall–Kier alpha value is -3.18. The van der Waals surface area contributed by atoms with Crippen LogP contribution in [0, 0.1) is 25.2 Å². The van der Waals surface area contributed by atoms with Crippen molar-refractivity contribution in [1.29, 1.82) is 5.26 Å². The highest BCUT2D eigenvalue weighted by molar-refractivity contribution is 7.99. The minimum Gasteiger partial charge on any atom is -0.325 e. The number of benzene rings is 2. The Morgan fingerprint density at radius 1 is 1.23 bits per heavy atom. The summed E-state index contributed by atoms with van der Waals surface area (Å²) >= 11 is 1.26. The third-order valence-electron chi connectivity index (χ3n) is 3.65. The highest BCUT2D eigenvalue weighted by atomic mass is 32.2. The molecule has 3 rings (SSSR count). The highest BCUT2D eigenvalue weighted by Crippen LogP contribution is 2.21. The predicted molar refractivity (Wildman–Crippen MR) is 99.1 cm³/mol. The molecule has 3 aromatic rings. The van der Waals surface area contributed by atoms with Crippen LogP contribution in [0.15, 0.2) is 47.6 Å². The van der Waals surface area contributed by atoms with E-state index in [4.69, 9.17) is 5.26 Å². The number of carbonyl (C=O) groups is 1. The number of amides is 1. The van der Waals surface area contributed by atoms with Gasteiger partial charge in [-0.05, 0) is 60.2 Å². The molecule has 0 saturated carbocycles. The van der Waals surface area contributed by atoms with Gasteiger partial charge in [0.25, 0.3) is 0 Å². The van der Waals surface area contributed by atoms with E-state index < -0.39 is 0 Å². The van der Waals surface area contributed by atoms with Gasteiger partial charge in [0.05, 0.1) is 23.1 Å².